The maximum Gasteiger partial charge on any atom is 0.340 e. The van der Waals surface area contributed by atoms with Crippen LogP contribution in [-0.2, 0) is 9.53 Å². The van der Waals surface area contributed by atoms with Crippen molar-refractivity contribution in [1.82, 2.24) is 4.98 Å². The van der Waals surface area contributed by atoms with E-state index < -0.39 is 22.9 Å². The third kappa shape index (κ3) is 5.14. The molecule has 2 aromatic heterocycles. The Hall–Kier alpha value is -4.89. The van der Waals surface area contributed by atoms with Gasteiger partial charge in [0, 0.05) is 17.0 Å². The van der Waals surface area contributed by atoms with Crippen molar-refractivity contribution in [3.05, 3.63) is 123 Å². The van der Waals surface area contributed by atoms with Crippen molar-refractivity contribution in [2.75, 3.05) is 5.32 Å². The van der Waals surface area contributed by atoms with Gasteiger partial charge in [-0.3, -0.25) is 14.9 Å². The summed E-state index contributed by atoms with van der Waals surface area (Å²) >= 11 is 1.49. The number of amides is 1. The Bertz CT molecular complexity index is 1650. The van der Waals surface area contributed by atoms with E-state index in [0.717, 1.165) is 4.88 Å². The first-order valence-electron chi connectivity index (χ1n) is 11.7. The molecular weight excluding hydrogens is 502 g/mol. The van der Waals surface area contributed by atoms with Gasteiger partial charge in [0.15, 0.2) is 0 Å². The number of thiophene rings is 1. The topological polar surface area (TPSA) is 111 Å². The van der Waals surface area contributed by atoms with Crippen molar-refractivity contribution in [3.8, 4) is 10.6 Å². The van der Waals surface area contributed by atoms with Crippen LogP contribution in [0.3, 0.4) is 0 Å². The maximum atomic E-state index is 13.6. The first-order chi connectivity index (χ1) is 18.4. The van der Waals surface area contributed by atoms with Gasteiger partial charge in [-0.2, -0.15) is 0 Å². The molecule has 5 aromatic rings. The first kappa shape index (κ1) is 24.8. The van der Waals surface area contributed by atoms with E-state index >= 15 is 0 Å². The van der Waals surface area contributed by atoms with Gasteiger partial charge in [0.05, 0.1) is 26.6 Å². The fourth-order valence-corrected chi connectivity index (χ4v) is 4.75. The van der Waals surface area contributed by atoms with Crippen LogP contribution in [0.15, 0.2) is 96.4 Å². The minimum Gasteiger partial charge on any atom is -0.444 e. The number of fused-ring (bicyclic) bond motifs is 1. The van der Waals surface area contributed by atoms with Crippen LogP contribution in [0.1, 0.15) is 27.6 Å². The molecule has 1 atom stereocenters. The maximum absolute atomic E-state index is 13.6. The van der Waals surface area contributed by atoms with Crippen molar-refractivity contribution in [2.24, 2.45) is 0 Å². The normalized spacial score (nSPS) is 11.6. The molecule has 9 heteroatoms. The molecular formula is C29H21N3O5S. The number of para-hydroxylation sites is 1. The third-order valence-electron chi connectivity index (χ3n) is 5.88. The molecule has 0 saturated carbocycles. The molecule has 0 saturated heterocycles. The van der Waals surface area contributed by atoms with Gasteiger partial charge >= 0.3 is 5.97 Å². The number of carbonyl (C=O) groups is 2. The van der Waals surface area contributed by atoms with Crippen LogP contribution in [0.4, 0.5) is 11.4 Å². The molecule has 0 fully saturated rings. The van der Waals surface area contributed by atoms with Crippen LogP contribution in [0.2, 0.25) is 0 Å². The van der Waals surface area contributed by atoms with Crippen molar-refractivity contribution in [2.45, 2.75) is 13.0 Å². The van der Waals surface area contributed by atoms with Gasteiger partial charge in [-0.05, 0) is 42.1 Å². The highest BCUT2D eigenvalue weighted by atomic mass is 32.1. The summed E-state index contributed by atoms with van der Waals surface area (Å²) in [5, 5.41) is 16.7. The van der Waals surface area contributed by atoms with Crippen LogP contribution in [0.25, 0.3) is 21.5 Å². The zero-order chi connectivity index (χ0) is 26.6. The van der Waals surface area contributed by atoms with Crippen LogP contribution in [-0.4, -0.2) is 21.8 Å². The van der Waals surface area contributed by atoms with Crippen LogP contribution in [0.5, 0.6) is 0 Å². The third-order valence-corrected chi connectivity index (χ3v) is 6.78. The number of nitro benzene ring substituents is 1. The summed E-state index contributed by atoms with van der Waals surface area (Å²) in [4.78, 5) is 43.6. The number of carbonyl (C=O) groups excluding carboxylic acids is 2. The molecule has 0 aliphatic carbocycles. The van der Waals surface area contributed by atoms with Gasteiger partial charge in [-0.25, -0.2) is 9.78 Å². The Labute approximate surface area is 221 Å². The lowest BCUT2D eigenvalue weighted by atomic mass is 10.1. The Balaban J connectivity index is 1.52. The Morgan fingerprint density at radius 1 is 0.974 bits per heavy atom. The predicted molar refractivity (Wildman–Crippen MR) is 146 cm³/mol. The van der Waals surface area contributed by atoms with Gasteiger partial charge in [0.1, 0.15) is 5.69 Å². The largest absolute Gasteiger partial charge is 0.444 e. The molecule has 2 heterocycles. The lowest BCUT2D eigenvalue weighted by Crippen LogP contribution is -2.26. The molecule has 1 N–H and O–H groups in total. The minimum atomic E-state index is -1.36. The number of aromatic nitrogens is 1. The molecule has 8 nitrogen and oxygen atoms in total. The number of pyridine rings is 1. The average Bonchev–Trinajstić information content (AvgIpc) is 3.47. The number of nitro groups is 1. The van der Waals surface area contributed by atoms with Gasteiger partial charge < -0.3 is 10.1 Å². The summed E-state index contributed by atoms with van der Waals surface area (Å²) in [6.45, 7) is 1.72. The van der Waals surface area contributed by atoms with Crippen molar-refractivity contribution < 1.29 is 19.2 Å². The molecule has 38 heavy (non-hydrogen) atoms. The van der Waals surface area contributed by atoms with E-state index in [-0.39, 0.29) is 16.9 Å². The number of hydrogen-bond acceptors (Lipinski definition) is 7. The number of aryl methyl sites for hydroxylation is 1. The fraction of sp³-hybridized carbons (Fsp3) is 0.0690. The standard InChI is InChI=1S/C29H21N3O5S/c1-18-13-14-23(25(16-18)32(35)36)31-28(33)27(19-8-3-2-4-9-19)37-29(34)21-17-24(26-12-7-15-38-26)30-22-11-6-5-10-20(21)22/h2-17,27H,1H3,(H,31,33). The van der Waals surface area contributed by atoms with E-state index in [1.807, 2.05) is 23.6 Å². The summed E-state index contributed by atoms with van der Waals surface area (Å²) < 4.78 is 5.82. The van der Waals surface area contributed by atoms with Crippen LogP contribution < -0.4 is 5.32 Å². The number of anilines is 1. The van der Waals surface area contributed by atoms with E-state index in [1.165, 1.54) is 23.5 Å². The molecule has 1 amide bonds. The number of benzene rings is 3. The molecule has 3 aromatic carbocycles. The highest BCUT2D eigenvalue weighted by molar-refractivity contribution is 7.13. The van der Waals surface area contributed by atoms with E-state index in [4.69, 9.17) is 4.74 Å². The first-order valence-corrected chi connectivity index (χ1v) is 12.5. The molecule has 0 spiro atoms. The molecule has 5 rings (SSSR count). The second-order valence-corrected chi connectivity index (χ2v) is 9.46. The molecule has 1 unspecified atom stereocenters. The SMILES string of the molecule is Cc1ccc(NC(=O)C(OC(=O)c2cc(-c3cccs3)nc3ccccc23)c2ccccc2)c([N+](=O)[O-])c1. The minimum absolute atomic E-state index is 0.0110. The van der Waals surface area contributed by atoms with E-state index in [2.05, 4.69) is 10.3 Å². The highest BCUT2D eigenvalue weighted by Crippen LogP contribution is 2.31. The molecule has 188 valence electrons. The summed E-state index contributed by atoms with van der Waals surface area (Å²) in [5.41, 5.74) is 2.34. The second kappa shape index (κ2) is 10.6. The van der Waals surface area contributed by atoms with E-state index in [9.17, 15) is 19.7 Å². The van der Waals surface area contributed by atoms with Crippen molar-refractivity contribution in [1.29, 1.82) is 0 Å². The Morgan fingerprint density at radius 2 is 1.74 bits per heavy atom. The summed E-state index contributed by atoms with van der Waals surface area (Å²) in [7, 11) is 0. The fourth-order valence-electron chi connectivity index (χ4n) is 4.06. The molecule has 0 radical (unpaired) electrons. The highest BCUT2D eigenvalue weighted by Gasteiger charge is 2.29. The number of esters is 1. The zero-order valence-electron chi connectivity index (χ0n) is 20.2. The summed E-state index contributed by atoms with van der Waals surface area (Å²) in [6, 6.07) is 25.7. The van der Waals surface area contributed by atoms with Gasteiger partial charge in [-0.1, -0.05) is 60.7 Å². The molecule has 0 aliphatic heterocycles. The number of rotatable bonds is 7. The molecule has 0 aliphatic rings. The number of nitrogens with zero attached hydrogens (tertiary/aromatic N) is 2. The second-order valence-electron chi connectivity index (χ2n) is 8.51. The summed E-state index contributed by atoms with van der Waals surface area (Å²) in [5.74, 6) is -1.43. The molecule has 0 bridgehead atoms. The lowest BCUT2D eigenvalue weighted by Gasteiger charge is -2.19. The number of nitrogens with one attached hydrogen (secondary N) is 1. The quantitative estimate of drug-likeness (QED) is 0.144. The predicted octanol–water partition coefficient (Wildman–Crippen LogP) is 6.72. The zero-order valence-corrected chi connectivity index (χ0v) is 21.0. The number of hydrogen-bond donors (Lipinski definition) is 1. The smallest absolute Gasteiger partial charge is 0.340 e. The van der Waals surface area contributed by atoms with E-state index in [1.54, 1.807) is 67.6 Å². The summed E-state index contributed by atoms with van der Waals surface area (Å²) in [6.07, 6.45) is -1.36. The Kier molecular flexibility index (Phi) is 6.92. The number of ether oxygens (including phenoxy) is 1. The van der Waals surface area contributed by atoms with Gasteiger partial charge in [0.2, 0.25) is 6.10 Å². The Morgan fingerprint density at radius 3 is 2.47 bits per heavy atom. The van der Waals surface area contributed by atoms with Gasteiger partial charge in [-0.15, -0.1) is 11.3 Å². The monoisotopic (exact) mass is 523 g/mol. The lowest BCUT2D eigenvalue weighted by molar-refractivity contribution is -0.384. The van der Waals surface area contributed by atoms with Crippen molar-refractivity contribution in [3.63, 3.8) is 0 Å². The van der Waals surface area contributed by atoms with Crippen molar-refractivity contribution >= 4 is 45.5 Å². The average molecular weight is 524 g/mol. The van der Waals surface area contributed by atoms with Crippen LogP contribution >= 0.6 is 11.3 Å². The van der Waals surface area contributed by atoms with E-state index in [0.29, 0.717) is 27.7 Å². The van der Waals surface area contributed by atoms with Gasteiger partial charge in [0.25, 0.3) is 11.6 Å². The van der Waals surface area contributed by atoms with Crippen LogP contribution in [0, 0.1) is 17.0 Å².